The molecule has 1 heterocycles. The first kappa shape index (κ1) is 13.9. The molecule has 0 unspecified atom stereocenters. The Kier molecular flexibility index (Phi) is 3.62. The number of H-pyrrole nitrogens is 1. The minimum absolute atomic E-state index is 0.165. The summed E-state index contributed by atoms with van der Waals surface area (Å²) in [6.45, 7) is 0.190. The van der Waals surface area contributed by atoms with Crippen LogP contribution in [0.1, 0.15) is 26.4 Å². The van der Waals surface area contributed by atoms with Gasteiger partial charge in [0.1, 0.15) is 12.3 Å². The summed E-state index contributed by atoms with van der Waals surface area (Å²) in [5.74, 6) is -1.48. The van der Waals surface area contributed by atoms with Gasteiger partial charge in [0.2, 0.25) is 0 Å². The number of carbonyl (C=O) groups excluding carboxylic acids is 1. The fraction of sp³-hybridized carbons (Fsp3) is 0.0588. The normalized spacial score (nSPS) is 10.5. The van der Waals surface area contributed by atoms with Gasteiger partial charge in [-0.3, -0.25) is 0 Å². The van der Waals surface area contributed by atoms with E-state index in [0.29, 0.717) is 11.2 Å². The molecule has 3 rings (SSSR count). The Labute approximate surface area is 126 Å². The van der Waals surface area contributed by atoms with E-state index in [1.807, 2.05) is 30.3 Å². The van der Waals surface area contributed by atoms with Crippen molar-refractivity contribution < 1.29 is 19.4 Å². The van der Waals surface area contributed by atoms with Crippen molar-refractivity contribution in [1.82, 2.24) is 4.98 Å². The number of carboxylic acids is 1. The Morgan fingerprint density at radius 2 is 1.82 bits per heavy atom. The SMILES string of the molecule is O=C(O)c1ccc2cc(C(=O)OCc3ccccc3)[nH]c2c1. The van der Waals surface area contributed by atoms with Gasteiger partial charge in [-0.25, -0.2) is 9.59 Å². The molecule has 110 valence electrons. The highest BCUT2D eigenvalue weighted by Gasteiger charge is 2.12. The average molecular weight is 295 g/mol. The van der Waals surface area contributed by atoms with Gasteiger partial charge >= 0.3 is 11.9 Å². The quantitative estimate of drug-likeness (QED) is 0.724. The van der Waals surface area contributed by atoms with Crippen LogP contribution in [0.3, 0.4) is 0 Å². The average Bonchev–Trinajstić information content (AvgIpc) is 2.96. The van der Waals surface area contributed by atoms with E-state index in [9.17, 15) is 9.59 Å². The number of benzene rings is 2. The molecule has 5 heteroatoms. The molecule has 0 aliphatic heterocycles. The zero-order chi connectivity index (χ0) is 15.5. The molecule has 0 aliphatic rings. The first-order valence-electron chi connectivity index (χ1n) is 6.70. The fourth-order valence-electron chi connectivity index (χ4n) is 2.17. The van der Waals surface area contributed by atoms with Crippen LogP contribution < -0.4 is 0 Å². The van der Waals surface area contributed by atoms with Gasteiger partial charge in [0.05, 0.1) is 5.56 Å². The van der Waals surface area contributed by atoms with Crippen LogP contribution in [-0.2, 0) is 11.3 Å². The van der Waals surface area contributed by atoms with Crippen LogP contribution in [0.5, 0.6) is 0 Å². The second-order valence-corrected chi connectivity index (χ2v) is 4.85. The molecule has 0 aliphatic carbocycles. The summed E-state index contributed by atoms with van der Waals surface area (Å²) in [5, 5.41) is 9.73. The molecular formula is C17H13NO4. The zero-order valence-electron chi connectivity index (χ0n) is 11.6. The molecule has 22 heavy (non-hydrogen) atoms. The molecule has 0 atom stereocenters. The number of aromatic carboxylic acids is 1. The van der Waals surface area contributed by atoms with Crippen molar-refractivity contribution in [3.63, 3.8) is 0 Å². The van der Waals surface area contributed by atoms with E-state index >= 15 is 0 Å². The Morgan fingerprint density at radius 3 is 2.55 bits per heavy atom. The summed E-state index contributed by atoms with van der Waals surface area (Å²) in [4.78, 5) is 25.9. The fourth-order valence-corrected chi connectivity index (χ4v) is 2.17. The highest BCUT2D eigenvalue weighted by molar-refractivity contribution is 5.98. The van der Waals surface area contributed by atoms with Crippen LogP contribution in [0.4, 0.5) is 0 Å². The lowest BCUT2D eigenvalue weighted by atomic mass is 10.2. The number of rotatable bonds is 4. The molecule has 0 saturated carbocycles. The first-order valence-corrected chi connectivity index (χ1v) is 6.70. The molecule has 1 aromatic heterocycles. The molecule has 0 amide bonds. The van der Waals surface area contributed by atoms with Crippen molar-refractivity contribution in [3.8, 4) is 0 Å². The van der Waals surface area contributed by atoms with Gasteiger partial charge in [-0.2, -0.15) is 0 Å². The Balaban J connectivity index is 1.78. The summed E-state index contributed by atoms with van der Waals surface area (Å²) in [5.41, 5.74) is 1.96. The topological polar surface area (TPSA) is 79.4 Å². The van der Waals surface area contributed by atoms with Crippen LogP contribution in [0, 0.1) is 0 Å². The van der Waals surface area contributed by atoms with E-state index in [-0.39, 0.29) is 12.2 Å². The van der Waals surface area contributed by atoms with Crippen molar-refractivity contribution in [3.05, 3.63) is 71.4 Å². The number of nitrogens with one attached hydrogen (secondary N) is 1. The monoisotopic (exact) mass is 295 g/mol. The van der Waals surface area contributed by atoms with Gasteiger partial charge in [-0.1, -0.05) is 36.4 Å². The number of carboxylic acid groups (broad SMARTS) is 1. The van der Waals surface area contributed by atoms with Gasteiger partial charge < -0.3 is 14.8 Å². The summed E-state index contributed by atoms with van der Waals surface area (Å²) in [7, 11) is 0. The van der Waals surface area contributed by atoms with Crippen LogP contribution in [0.25, 0.3) is 10.9 Å². The number of carbonyl (C=O) groups is 2. The number of ether oxygens (including phenoxy) is 1. The lowest BCUT2D eigenvalue weighted by molar-refractivity contribution is 0.0466. The number of fused-ring (bicyclic) bond motifs is 1. The van der Waals surface area contributed by atoms with Crippen LogP contribution >= 0.6 is 0 Å². The smallest absolute Gasteiger partial charge is 0.355 e. The Morgan fingerprint density at radius 1 is 1.05 bits per heavy atom. The maximum Gasteiger partial charge on any atom is 0.355 e. The number of hydrogen-bond acceptors (Lipinski definition) is 3. The van der Waals surface area contributed by atoms with Crippen molar-refractivity contribution in [2.75, 3.05) is 0 Å². The predicted molar refractivity (Wildman–Crippen MR) is 80.8 cm³/mol. The maximum absolute atomic E-state index is 12.0. The summed E-state index contributed by atoms with van der Waals surface area (Å²) < 4.78 is 5.23. The lowest BCUT2D eigenvalue weighted by Crippen LogP contribution is -2.05. The third-order valence-corrected chi connectivity index (χ3v) is 3.30. The molecule has 3 aromatic rings. The van der Waals surface area contributed by atoms with Gasteiger partial charge in [-0.05, 0) is 23.8 Å². The van der Waals surface area contributed by atoms with Crippen molar-refractivity contribution in [2.45, 2.75) is 6.61 Å². The highest BCUT2D eigenvalue weighted by atomic mass is 16.5. The number of aromatic nitrogens is 1. The van der Waals surface area contributed by atoms with Gasteiger partial charge in [0.15, 0.2) is 0 Å². The van der Waals surface area contributed by atoms with Gasteiger partial charge in [-0.15, -0.1) is 0 Å². The molecule has 5 nitrogen and oxygen atoms in total. The van der Waals surface area contributed by atoms with Crippen LogP contribution in [-0.4, -0.2) is 22.0 Å². The minimum Gasteiger partial charge on any atom is -0.478 e. The molecule has 0 radical (unpaired) electrons. The number of hydrogen-bond donors (Lipinski definition) is 2. The molecule has 2 aromatic carbocycles. The number of aromatic amines is 1. The van der Waals surface area contributed by atoms with E-state index in [2.05, 4.69) is 4.98 Å². The van der Waals surface area contributed by atoms with Crippen LogP contribution in [0.2, 0.25) is 0 Å². The second kappa shape index (κ2) is 5.73. The predicted octanol–water partition coefficient (Wildman–Crippen LogP) is 3.22. The summed E-state index contributed by atoms with van der Waals surface area (Å²) in [6.07, 6.45) is 0. The molecule has 0 fully saturated rings. The third kappa shape index (κ3) is 2.83. The molecule has 0 saturated heterocycles. The van der Waals surface area contributed by atoms with Crippen LogP contribution in [0.15, 0.2) is 54.6 Å². The van der Waals surface area contributed by atoms with E-state index in [4.69, 9.17) is 9.84 Å². The van der Waals surface area contributed by atoms with E-state index in [1.54, 1.807) is 12.1 Å². The first-order chi connectivity index (χ1) is 10.6. The molecule has 0 spiro atoms. The van der Waals surface area contributed by atoms with Crippen molar-refractivity contribution in [2.24, 2.45) is 0 Å². The van der Waals surface area contributed by atoms with E-state index in [1.165, 1.54) is 12.1 Å². The van der Waals surface area contributed by atoms with E-state index in [0.717, 1.165) is 10.9 Å². The van der Waals surface area contributed by atoms with Crippen molar-refractivity contribution in [1.29, 1.82) is 0 Å². The minimum atomic E-state index is -1.01. The molecule has 0 bridgehead atoms. The van der Waals surface area contributed by atoms with E-state index < -0.39 is 11.9 Å². The maximum atomic E-state index is 12.0. The second-order valence-electron chi connectivity index (χ2n) is 4.85. The third-order valence-electron chi connectivity index (χ3n) is 3.30. The summed E-state index contributed by atoms with van der Waals surface area (Å²) >= 11 is 0. The van der Waals surface area contributed by atoms with Crippen molar-refractivity contribution >= 4 is 22.8 Å². The van der Waals surface area contributed by atoms with Gasteiger partial charge in [0.25, 0.3) is 0 Å². The molecule has 2 N–H and O–H groups in total. The molecular weight excluding hydrogens is 282 g/mol. The Hall–Kier alpha value is -3.08. The lowest BCUT2D eigenvalue weighted by Gasteiger charge is -2.02. The standard InChI is InChI=1S/C17H13NO4/c19-16(20)13-7-6-12-8-15(18-14(12)9-13)17(21)22-10-11-4-2-1-3-5-11/h1-9,18H,10H2,(H,19,20). The highest BCUT2D eigenvalue weighted by Crippen LogP contribution is 2.18. The Bertz CT molecular complexity index is 836. The number of esters is 1. The largest absolute Gasteiger partial charge is 0.478 e. The summed E-state index contributed by atoms with van der Waals surface area (Å²) in [6, 6.07) is 15.7. The zero-order valence-corrected chi connectivity index (χ0v) is 11.6. The van der Waals surface area contributed by atoms with Gasteiger partial charge in [0, 0.05) is 10.9 Å².